The van der Waals surface area contributed by atoms with Gasteiger partial charge in [-0.2, -0.15) is 5.10 Å². The molecular weight excluding hydrogens is 467 g/mol. The topological polar surface area (TPSA) is 67.2 Å². The van der Waals surface area contributed by atoms with Crippen LogP contribution < -0.4 is 4.90 Å². The molecule has 0 N–H and O–H groups in total. The first-order valence-electron chi connectivity index (χ1n) is 11.7. The van der Waals surface area contributed by atoms with Crippen molar-refractivity contribution in [3.63, 3.8) is 0 Å². The average Bonchev–Trinajstić information content (AvgIpc) is 3.12. The molecule has 180 valence electrons. The first kappa shape index (κ1) is 23.2. The number of carbonyl (C=O) groups is 1. The van der Waals surface area contributed by atoms with E-state index in [0.29, 0.717) is 30.2 Å². The summed E-state index contributed by atoms with van der Waals surface area (Å²) in [6.07, 6.45) is 2.56. The third kappa shape index (κ3) is 4.71. The molecule has 2 aromatic carbocycles. The van der Waals surface area contributed by atoms with Crippen molar-refractivity contribution >= 4 is 34.4 Å². The number of carbonyl (C=O) groups excluding carboxylic acids is 1. The predicted molar refractivity (Wildman–Crippen MR) is 135 cm³/mol. The maximum atomic E-state index is 13.6. The molecule has 0 bridgehead atoms. The fraction of sp³-hybridized carbons (Fsp3) is 0.308. The number of aromatic nitrogens is 4. The summed E-state index contributed by atoms with van der Waals surface area (Å²) in [5.74, 6) is 1.10. The van der Waals surface area contributed by atoms with Gasteiger partial charge in [-0.25, -0.2) is 19.0 Å². The van der Waals surface area contributed by atoms with Crippen LogP contribution in [0.4, 0.5) is 10.2 Å². The van der Waals surface area contributed by atoms with Crippen LogP contribution in [0.1, 0.15) is 42.4 Å². The summed E-state index contributed by atoms with van der Waals surface area (Å²) in [6.45, 7) is 6.57. The molecule has 1 saturated heterocycles. The van der Waals surface area contributed by atoms with E-state index in [1.807, 2.05) is 24.3 Å². The van der Waals surface area contributed by atoms with Gasteiger partial charge in [-0.05, 0) is 42.8 Å². The zero-order chi connectivity index (χ0) is 24.5. The van der Waals surface area contributed by atoms with Crippen molar-refractivity contribution in [1.82, 2.24) is 24.6 Å². The number of anilines is 1. The Bertz CT molecular complexity index is 1390. The van der Waals surface area contributed by atoms with Gasteiger partial charge in [-0.1, -0.05) is 37.6 Å². The lowest BCUT2D eigenvalue weighted by Gasteiger charge is -2.24. The lowest BCUT2D eigenvalue weighted by atomic mass is 10.2. The van der Waals surface area contributed by atoms with Crippen molar-refractivity contribution in [3.05, 3.63) is 77.0 Å². The molecule has 1 aliphatic rings. The zero-order valence-electron chi connectivity index (χ0n) is 19.7. The molecule has 0 aliphatic carbocycles. The summed E-state index contributed by atoms with van der Waals surface area (Å²) in [4.78, 5) is 26.7. The smallest absolute Gasteiger partial charge is 0.254 e. The minimum atomic E-state index is -0.409. The van der Waals surface area contributed by atoms with Crippen molar-refractivity contribution < 1.29 is 9.18 Å². The van der Waals surface area contributed by atoms with Crippen molar-refractivity contribution in [3.8, 4) is 5.69 Å². The Morgan fingerprint density at radius 3 is 2.63 bits per heavy atom. The molecule has 0 unspecified atom stereocenters. The molecule has 7 nitrogen and oxygen atoms in total. The van der Waals surface area contributed by atoms with Gasteiger partial charge in [0.1, 0.15) is 17.5 Å². The Hall–Kier alpha value is -3.52. The summed E-state index contributed by atoms with van der Waals surface area (Å²) in [6, 6.07) is 13.4. The highest BCUT2D eigenvalue weighted by atomic mass is 35.5. The van der Waals surface area contributed by atoms with Gasteiger partial charge < -0.3 is 9.80 Å². The van der Waals surface area contributed by atoms with Gasteiger partial charge in [-0.15, -0.1) is 0 Å². The lowest BCUT2D eigenvalue weighted by Crippen LogP contribution is -2.35. The van der Waals surface area contributed by atoms with E-state index in [9.17, 15) is 9.18 Å². The molecule has 3 heterocycles. The number of halogens is 2. The van der Waals surface area contributed by atoms with E-state index >= 15 is 0 Å². The van der Waals surface area contributed by atoms with Crippen molar-refractivity contribution in [2.75, 3.05) is 31.1 Å². The van der Waals surface area contributed by atoms with Crippen LogP contribution in [0.5, 0.6) is 0 Å². The van der Waals surface area contributed by atoms with Crippen LogP contribution in [-0.4, -0.2) is 56.7 Å². The van der Waals surface area contributed by atoms with Crippen LogP contribution in [0.25, 0.3) is 16.7 Å². The summed E-state index contributed by atoms with van der Waals surface area (Å²) >= 11 is 6.22. The van der Waals surface area contributed by atoms with Crippen molar-refractivity contribution in [1.29, 1.82) is 0 Å². The fourth-order valence-electron chi connectivity index (χ4n) is 4.34. The molecule has 0 spiro atoms. The van der Waals surface area contributed by atoms with E-state index < -0.39 is 5.82 Å². The highest BCUT2D eigenvalue weighted by Gasteiger charge is 2.25. The highest BCUT2D eigenvalue weighted by Crippen LogP contribution is 2.29. The van der Waals surface area contributed by atoms with Gasteiger partial charge in [-0.3, -0.25) is 4.79 Å². The van der Waals surface area contributed by atoms with Gasteiger partial charge in [0.2, 0.25) is 0 Å². The molecule has 0 saturated carbocycles. The molecular formula is C26H26ClFN6O. The number of rotatable bonds is 4. The lowest BCUT2D eigenvalue weighted by molar-refractivity contribution is 0.0766. The van der Waals surface area contributed by atoms with Gasteiger partial charge in [0.05, 0.1) is 17.3 Å². The van der Waals surface area contributed by atoms with E-state index in [4.69, 9.17) is 21.6 Å². The van der Waals surface area contributed by atoms with E-state index in [1.165, 1.54) is 12.1 Å². The third-order valence-corrected chi connectivity index (χ3v) is 6.38. The standard InChI is InChI=1S/C26H26ClFN6O/c1-17(2)23-30-24(22-16-29-34(25(22)31-23)21-9-4-7-19(27)15-21)32-10-5-11-33(13-12-32)26(35)18-6-3-8-20(28)14-18/h3-4,6-9,14-17H,5,10-13H2,1-2H3. The molecule has 4 aromatic rings. The molecule has 1 fully saturated rings. The van der Waals surface area contributed by atoms with E-state index in [2.05, 4.69) is 23.8 Å². The molecule has 9 heteroatoms. The summed E-state index contributed by atoms with van der Waals surface area (Å²) in [5.41, 5.74) is 1.92. The van der Waals surface area contributed by atoms with Crippen LogP contribution in [-0.2, 0) is 0 Å². The number of hydrogen-bond donors (Lipinski definition) is 0. The SMILES string of the molecule is CC(C)c1nc(N2CCCN(C(=O)c3cccc(F)c3)CC2)c2cnn(-c3cccc(Cl)c3)c2n1. The van der Waals surface area contributed by atoms with Crippen molar-refractivity contribution in [2.45, 2.75) is 26.2 Å². The van der Waals surface area contributed by atoms with Crippen LogP contribution in [0, 0.1) is 5.82 Å². The molecule has 1 aliphatic heterocycles. The summed E-state index contributed by atoms with van der Waals surface area (Å²) in [5, 5.41) is 6.08. The van der Waals surface area contributed by atoms with E-state index in [-0.39, 0.29) is 11.8 Å². The molecule has 35 heavy (non-hydrogen) atoms. The van der Waals surface area contributed by atoms with E-state index in [1.54, 1.807) is 27.9 Å². The second-order valence-corrected chi connectivity index (χ2v) is 9.41. The predicted octanol–water partition coefficient (Wildman–Crippen LogP) is 5.08. The second-order valence-electron chi connectivity index (χ2n) is 8.98. The number of fused-ring (bicyclic) bond motifs is 1. The Labute approximate surface area is 208 Å². The highest BCUT2D eigenvalue weighted by molar-refractivity contribution is 6.30. The molecule has 0 atom stereocenters. The average molecular weight is 493 g/mol. The Morgan fingerprint density at radius 1 is 1.03 bits per heavy atom. The number of hydrogen-bond acceptors (Lipinski definition) is 5. The van der Waals surface area contributed by atoms with Crippen LogP contribution in [0.3, 0.4) is 0 Å². The molecule has 5 rings (SSSR count). The maximum absolute atomic E-state index is 13.6. The quantitative estimate of drug-likeness (QED) is 0.397. The monoisotopic (exact) mass is 492 g/mol. The number of amides is 1. The first-order valence-corrected chi connectivity index (χ1v) is 12.1. The fourth-order valence-corrected chi connectivity index (χ4v) is 4.53. The summed E-state index contributed by atoms with van der Waals surface area (Å²) in [7, 11) is 0. The van der Waals surface area contributed by atoms with Gasteiger partial charge >= 0.3 is 0 Å². The Morgan fingerprint density at radius 2 is 1.86 bits per heavy atom. The largest absolute Gasteiger partial charge is 0.354 e. The minimum Gasteiger partial charge on any atom is -0.354 e. The molecule has 2 aromatic heterocycles. The summed E-state index contributed by atoms with van der Waals surface area (Å²) < 4.78 is 15.4. The second kappa shape index (κ2) is 9.62. The molecule has 0 radical (unpaired) electrons. The van der Waals surface area contributed by atoms with Gasteiger partial charge in [0.25, 0.3) is 5.91 Å². The zero-order valence-corrected chi connectivity index (χ0v) is 20.4. The Kier molecular flexibility index (Phi) is 6.38. The molecule has 1 amide bonds. The van der Waals surface area contributed by atoms with Crippen LogP contribution in [0.2, 0.25) is 5.02 Å². The van der Waals surface area contributed by atoms with E-state index in [0.717, 1.165) is 41.3 Å². The van der Waals surface area contributed by atoms with Crippen LogP contribution >= 0.6 is 11.6 Å². The van der Waals surface area contributed by atoms with Crippen LogP contribution in [0.15, 0.2) is 54.7 Å². The third-order valence-electron chi connectivity index (χ3n) is 6.15. The maximum Gasteiger partial charge on any atom is 0.254 e. The minimum absolute atomic E-state index is 0.124. The normalized spacial score (nSPS) is 14.5. The van der Waals surface area contributed by atoms with Gasteiger partial charge in [0.15, 0.2) is 5.65 Å². The first-order chi connectivity index (χ1) is 16.9. The van der Waals surface area contributed by atoms with Crippen molar-refractivity contribution in [2.24, 2.45) is 0 Å². The van der Waals surface area contributed by atoms with Gasteiger partial charge in [0, 0.05) is 42.7 Å². The number of benzene rings is 2. The number of nitrogens with zero attached hydrogens (tertiary/aromatic N) is 6. The Balaban J connectivity index is 1.48.